The molecule has 1 heterocycles. The van der Waals surface area contributed by atoms with Crippen LogP contribution in [-0.2, 0) is 13.0 Å². The highest BCUT2D eigenvalue weighted by Gasteiger charge is 2.09. The first-order chi connectivity index (χ1) is 12.6. The van der Waals surface area contributed by atoms with Crippen LogP contribution in [0.2, 0.25) is 0 Å². The molecule has 1 aromatic carbocycles. The maximum Gasteiger partial charge on any atom is 0.193 e. The molecule has 0 spiro atoms. The van der Waals surface area contributed by atoms with Gasteiger partial charge in [0.1, 0.15) is 0 Å². The summed E-state index contributed by atoms with van der Waals surface area (Å²) in [4.78, 5) is 11.0. The second-order valence-electron chi connectivity index (χ2n) is 6.03. The first kappa shape index (κ1) is 23.0. The number of ether oxygens (including phenoxy) is 2. The second kappa shape index (κ2) is 11.6. The highest BCUT2D eigenvalue weighted by Crippen LogP contribution is 2.27. The fourth-order valence-corrected chi connectivity index (χ4v) is 2.69. The number of nitrogens with zero attached hydrogens (tertiary/aromatic N) is 3. The lowest BCUT2D eigenvalue weighted by molar-refractivity contribution is 0.354. The van der Waals surface area contributed by atoms with E-state index in [4.69, 9.17) is 9.47 Å². The maximum atomic E-state index is 5.37. The van der Waals surface area contributed by atoms with Crippen LogP contribution in [-0.4, -0.2) is 50.7 Å². The largest absolute Gasteiger partial charge is 0.493 e. The number of rotatable bonds is 7. The summed E-state index contributed by atoms with van der Waals surface area (Å²) >= 11 is 0. The molecule has 0 saturated heterocycles. The Kier molecular flexibility index (Phi) is 9.92. The number of aliphatic imine (C=N–C) groups is 1. The van der Waals surface area contributed by atoms with Gasteiger partial charge in [-0.05, 0) is 43.2 Å². The number of aryl methyl sites for hydroxylation is 1. The van der Waals surface area contributed by atoms with E-state index < -0.39 is 0 Å². The molecule has 0 radical (unpaired) electrons. The van der Waals surface area contributed by atoms with Crippen molar-refractivity contribution < 1.29 is 9.47 Å². The normalized spacial score (nSPS) is 10.8. The van der Waals surface area contributed by atoms with Gasteiger partial charge < -0.3 is 19.7 Å². The van der Waals surface area contributed by atoms with Crippen molar-refractivity contribution in [3.8, 4) is 11.5 Å². The topological polar surface area (TPSA) is 59.0 Å². The van der Waals surface area contributed by atoms with Crippen LogP contribution in [0.5, 0.6) is 11.5 Å². The molecule has 148 valence electrons. The molecule has 0 atom stereocenters. The maximum absolute atomic E-state index is 5.37. The van der Waals surface area contributed by atoms with Crippen molar-refractivity contribution in [2.24, 2.45) is 4.99 Å². The van der Waals surface area contributed by atoms with Crippen molar-refractivity contribution >= 4 is 29.9 Å². The van der Waals surface area contributed by atoms with Crippen LogP contribution in [0.4, 0.5) is 0 Å². The fraction of sp³-hybridized carbons (Fsp3) is 0.400. The smallest absolute Gasteiger partial charge is 0.193 e. The van der Waals surface area contributed by atoms with E-state index in [0.717, 1.165) is 41.8 Å². The third-order valence-corrected chi connectivity index (χ3v) is 4.13. The lowest BCUT2D eigenvalue weighted by Crippen LogP contribution is -2.39. The van der Waals surface area contributed by atoms with Crippen molar-refractivity contribution in [2.75, 3.05) is 34.9 Å². The quantitative estimate of drug-likeness (QED) is 0.372. The van der Waals surface area contributed by atoms with Crippen molar-refractivity contribution in [1.82, 2.24) is 15.2 Å². The van der Waals surface area contributed by atoms with Gasteiger partial charge in [-0.2, -0.15) is 0 Å². The molecule has 0 aliphatic rings. The third kappa shape index (κ3) is 6.89. The average Bonchev–Trinajstić information content (AvgIpc) is 2.66. The first-order valence-electron chi connectivity index (χ1n) is 8.62. The predicted octanol–water partition coefficient (Wildman–Crippen LogP) is 3.28. The van der Waals surface area contributed by atoms with E-state index >= 15 is 0 Å². The number of aromatic nitrogens is 1. The Balaban J connectivity index is 0.00000364. The Morgan fingerprint density at radius 1 is 1.15 bits per heavy atom. The number of pyridine rings is 1. The van der Waals surface area contributed by atoms with E-state index in [1.165, 1.54) is 5.56 Å². The van der Waals surface area contributed by atoms with Gasteiger partial charge in [0.2, 0.25) is 0 Å². The van der Waals surface area contributed by atoms with Crippen molar-refractivity contribution in [3.05, 3.63) is 53.3 Å². The highest BCUT2D eigenvalue weighted by molar-refractivity contribution is 14.0. The predicted molar refractivity (Wildman–Crippen MR) is 120 cm³/mol. The molecule has 0 fully saturated rings. The van der Waals surface area contributed by atoms with Gasteiger partial charge in [-0.3, -0.25) is 9.98 Å². The van der Waals surface area contributed by atoms with Gasteiger partial charge >= 0.3 is 0 Å². The number of halogens is 1. The molecule has 2 rings (SSSR count). The van der Waals surface area contributed by atoms with Gasteiger partial charge in [-0.15, -0.1) is 24.0 Å². The summed E-state index contributed by atoms with van der Waals surface area (Å²) in [6.45, 7) is 3.47. The minimum absolute atomic E-state index is 0. The summed E-state index contributed by atoms with van der Waals surface area (Å²) in [5, 5.41) is 3.36. The molecule has 27 heavy (non-hydrogen) atoms. The van der Waals surface area contributed by atoms with E-state index in [-0.39, 0.29) is 24.0 Å². The summed E-state index contributed by atoms with van der Waals surface area (Å²) in [7, 11) is 7.11. The third-order valence-electron chi connectivity index (χ3n) is 4.13. The second-order valence-corrected chi connectivity index (χ2v) is 6.03. The van der Waals surface area contributed by atoms with Gasteiger partial charge in [0.05, 0.1) is 26.5 Å². The molecule has 1 N–H and O–H groups in total. The number of hydrogen-bond acceptors (Lipinski definition) is 4. The molecule has 0 aliphatic heterocycles. The molecular weight excluding hydrogens is 455 g/mol. The van der Waals surface area contributed by atoms with Crippen LogP contribution in [0.1, 0.15) is 17.0 Å². The summed E-state index contributed by atoms with van der Waals surface area (Å²) in [6, 6.07) is 12.0. The Labute approximate surface area is 179 Å². The number of guanidine groups is 1. The Hall–Kier alpha value is -2.03. The Morgan fingerprint density at radius 2 is 1.89 bits per heavy atom. The zero-order valence-electron chi connectivity index (χ0n) is 16.7. The van der Waals surface area contributed by atoms with E-state index in [1.807, 2.05) is 44.3 Å². The summed E-state index contributed by atoms with van der Waals surface area (Å²) < 4.78 is 10.7. The molecule has 0 amide bonds. The Bertz CT molecular complexity index is 753. The molecule has 0 aliphatic carbocycles. The highest BCUT2D eigenvalue weighted by atomic mass is 127. The lowest BCUT2D eigenvalue weighted by Gasteiger charge is -2.22. The van der Waals surface area contributed by atoms with E-state index in [2.05, 4.69) is 26.3 Å². The molecule has 0 unspecified atom stereocenters. The van der Waals surface area contributed by atoms with E-state index in [0.29, 0.717) is 6.54 Å². The molecule has 7 heteroatoms. The Morgan fingerprint density at radius 3 is 2.52 bits per heavy atom. The van der Waals surface area contributed by atoms with E-state index in [9.17, 15) is 0 Å². The molecule has 6 nitrogen and oxygen atoms in total. The van der Waals surface area contributed by atoms with Crippen molar-refractivity contribution in [1.29, 1.82) is 0 Å². The van der Waals surface area contributed by atoms with Gasteiger partial charge in [-0.25, -0.2) is 0 Å². The minimum atomic E-state index is 0. The zero-order chi connectivity index (χ0) is 18.9. The summed E-state index contributed by atoms with van der Waals surface area (Å²) in [6.07, 6.45) is 0.875. The SMILES string of the molecule is CN=C(NCc1cccc(C)n1)N(C)CCc1ccc(OC)c(OC)c1.I. The van der Waals surface area contributed by atoms with Gasteiger partial charge in [0.25, 0.3) is 0 Å². The summed E-state index contributed by atoms with van der Waals surface area (Å²) in [5.41, 5.74) is 3.20. The molecule has 2 aromatic rings. The van der Waals surface area contributed by atoms with Gasteiger partial charge in [-0.1, -0.05) is 12.1 Å². The lowest BCUT2D eigenvalue weighted by atomic mass is 10.1. The van der Waals surface area contributed by atoms with Crippen molar-refractivity contribution in [2.45, 2.75) is 19.9 Å². The van der Waals surface area contributed by atoms with Crippen LogP contribution in [0.3, 0.4) is 0 Å². The number of nitrogens with one attached hydrogen (secondary N) is 1. The van der Waals surface area contributed by atoms with Gasteiger partial charge in [0.15, 0.2) is 17.5 Å². The van der Waals surface area contributed by atoms with Gasteiger partial charge in [0, 0.05) is 26.3 Å². The molecular formula is C20H29IN4O2. The van der Waals surface area contributed by atoms with Crippen LogP contribution in [0, 0.1) is 6.92 Å². The van der Waals surface area contributed by atoms with Crippen molar-refractivity contribution in [3.63, 3.8) is 0 Å². The first-order valence-corrected chi connectivity index (χ1v) is 8.62. The minimum Gasteiger partial charge on any atom is -0.493 e. The van der Waals surface area contributed by atoms with Crippen LogP contribution >= 0.6 is 24.0 Å². The monoisotopic (exact) mass is 484 g/mol. The number of benzene rings is 1. The average molecular weight is 484 g/mol. The van der Waals surface area contributed by atoms with Crippen LogP contribution < -0.4 is 14.8 Å². The number of methoxy groups -OCH3 is 2. The molecule has 0 saturated carbocycles. The van der Waals surface area contributed by atoms with Crippen LogP contribution in [0.15, 0.2) is 41.4 Å². The molecule has 1 aromatic heterocycles. The van der Waals surface area contributed by atoms with E-state index in [1.54, 1.807) is 21.3 Å². The van der Waals surface area contributed by atoms with Crippen LogP contribution in [0.25, 0.3) is 0 Å². The number of hydrogen-bond donors (Lipinski definition) is 1. The molecule has 0 bridgehead atoms. The zero-order valence-corrected chi connectivity index (χ0v) is 19.0. The number of likely N-dealkylation sites (N-methyl/N-ethyl adjacent to an activating group) is 1. The fourth-order valence-electron chi connectivity index (χ4n) is 2.69. The summed E-state index contributed by atoms with van der Waals surface area (Å²) in [5.74, 6) is 2.34. The standard InChI is InChI=1S/C20H28N4O2.HI/c1-15-7-6-8-17(23-15)14-22-20(21-2)24(3)12-11-16-9-10-18(25-4)19(13-16)26-5;/h6-10,13H,11-12,14H2,1-5H3,(H,21,22);1H.